The Bertz CT molecular complexity index is 218. The van der Waals surface area contributed by atoms with Gasteiger partial charge < -0.3 is 20.1 Å². The SMILES string of the molecule is NC[C@@H]1CN(C(=O)C2COC2)CCO1. The first kappa shape index (κ1) is 9.89. The maximum absolute atomic E-state index is 11.8. The molecule has 2 N–H and O–H groups in total. The van der Waals surface area contributed by atoms with Crippen LogP contribution < -0.4 is 5.73 Å². The van der Waals surface area contributed by atoms with Crippen molar-refractivity contribution in [2.24, 2.45) is 11.7 Å². The van der Waals surface area contributed by atoms with Gasteiger partial charge in [0.15, 0.2) is 0 Å². The van der Waals surface area contributed by atoms with Crippen molar-refractivity contribution in [3.05, 3.63) is 0 Å². The third-order valence-electron chi connectivity index (χ3n) is 2.70. The second-order valence-corrected chi connectivity index (χ2v) is 3.75. The van der Waals surface area contributed by atoms with Gasteiger partial charge in [0.2, 0.25) is 5.91 Å². The van der Waals surface area contributed by atoms with Crippen molar-refractivity contribution in [1.29, 1.82) is 0 Å². The molecule has 5 heteroatoms. The zero-order chi connectivity index (χ0) is 9.97. The summed E-state index contributed by atoms with van der Waals surface area (Å²) in [6, 6.07) is 0. The van der Waals surface area contributed by atoms with E-state index in [0.29, 0.717) is 39.5 Å². The van der Waals surface area contributed by atoms with E-state index in [2.05, 4.69) is 0 Å². The van der Waals surface area contributed by atoms with Crippen molar-refractivity contribution in [2.75, 3.05) is 39.5 Å². The summed E-state index contributed by atoms with van der Waals surface area (Å²) in [6.07, 6.45) is 0.00805. The first-order chi connectivity index (χ1) is 6.81. The summed E-state index contributed by atoms with van der Waals surface area (Å²) in [6.45, 7) is 3.54. The molecular formula is C9H16N2O3. The molecule has 0 spiro atoms. The second kappa shape index (κ2) is 4.25. The van der Waals surface area contributed by atoms with Gasteiger partial charge in [0, 0.05) is 19.6 Å². The molecule has 14 heavy (non-hydrogen) atoms. The topological polar surface area (TPSA) is 64.8 Å². The summed E-state index contributed by atoms with van der Waals surface area (Å²) in [7, 11) is 0. The van der Waals surface area contributed by atoms with Crippen LogP contribution in [0, 0.1) is 5.92 Å². The van der Waals surface area contributed by atoms with Crippen LogP contribution in [-0.4, -0.2) is 56.4 Å². The minimum absolute atomic E-state index is 0.00805. The third-order valence-corrected chi connectivity index (χ3v) is 2.70. The van der Waals surface area contributed by atoms with Crippen molar-refractivity contribution in [1.82, 2.24) is 4.90 Å². The van der Waals surface area contributed by atoms with E-state index in [4.69, 9.17) is 15.2 Å². The van der Waals surface area contributed by atoms with E-state index in [9.17, 15) is 4.79 Å². The van der Waals surface area contributed by atoms with Gasteiger partial charge >= 0.3 is 0 Å². The fourth-order valence-electron chi connectivity index (χ4n) is 1.70. The Kier molecular flexibility index (Phi) is 3.00. The monoisotopic (exact) mass is 200 g/mol. The maximum atomic E-state index is 11.8. The molecule has 2 fully saturated rings. The number of hydrogen-bond acceptors (Lipinski definition) is 4. The van der Waals surface area contributed by atoms with E-state index in [1.54, 1.807) is 0 Å². The number of nitrogens with two attached hydrogens (primary N) is 1. The minimum atomic E-state index is 0.00805. The van der Waals surface area contributed by atoms with Crippen molar-refractivity contribution < 1.29 is 14.3 Å². The minimum Gasteiger partial charge on any atom is -0.380 e. The average Bonchev–Trinajstić information content (AvgIpc) is 2.15. The van der Waals surface area contributed by atoms with Gasteiger partial charge in [-0.2, -0.15) is 0 Å². The molecule has 0 aromatic carbocycles. The van der Waals surface area contributed by atoms with Crippen LogP contribution in [0.2, 0.25) is 0 Å². The van der Waals surface area contributed by atoms with Crippen LogP contribution >= 0.6 is 0 Å². The number of carbonyl (C=O) groups excluding carboxylic acids is 1. The molecular weight excluding hydrogens is 184 g/mol. The molecule has 2 aliphatic heterocycles. The summed E-state index contributed by atoms with van der Waals surface area (Å²) in [5, 5.41) is 0. The molecule has 5 nitrogen and oxygen atoms in total. The summed E-state index contributed by atoms with van der Waals surface area (Å²) in [5.41, 5.74) is 5.50. The molecule has 80 valence electrons. The second-order valence-electron chi connectivity index (χ2n) is 3.75. The maximum Gasteiger partial charge on any atom is 0.230 e. The number of carbonyl (C=O) groups is 1. The van der Waals surface area contributed by atoms with Crippen LogP contribution in [0.25, 0.3) is 0 Å². The molecule has 2 aliphatic rings. The van der Waals surface area contributed by atoms with Gasteiger partial charge in [0.25, 0.3) is 0 Å². The van der Waals surface area contributed by atoms with Crippen molar-refractivity contribution in [3.8, 4) is 0 Å². The van der Waals surface area contributed by atoms with Gasteiger partial charge in [0.1, 0.15) is 0 Å². The van der Waals surface area contributed by atoms with Crippen LogP contribution in [0.15, 0.2) is 0 Å². The molecule has 0 radical (unpaired) electrons. The van der Waals surface area contributed by atoms with Gasteiger partial charge in [-0.25, -0.2) is 0 Å². The molecule has 2 rings (SSSR count). The third kappa shape index (κ3) is 1.89. The van der Waals surface area contributed by atoms with Crippen LogP contribution in [0.5, 0.6) is 0 Å². The standard InChI is InChI=1S/C9H16N2O3/c10-3-8-4-11(1-2-14-8)9(12)7-5-13-6-7/h7-8H,1-6,10H2/t8-/m1/s1. The number of rotatable bonds is 2. The summed E-state index contributed by atoms with van der Waals surface area (Å²) in [5.74, 6) is 0.268. The predicted molar refractivity (Wildman–Crippen MR) is 49.7 cm³/mol. The Labute approximate surface area is 83.1 Å². The lowest BCUT2D eigenvalue weighted by Gasteiger charge is -2.36. The summed E-state index contributed by atoms with van der Waals surface area (Å²) in [4.78, 5) is 13.6. The Hall–Kier alpha value is -0.650. The van der Waals surface area contributed by atoms with E-state index >= 15 is 0 Å². The van der Waals surface area contributed by atoms with E-state index in [1.807, 2.05) is 4.90 Å². The smallest absolute Gasteiger partial charge is 0.230 e. The number of amides is 1. The first-order valence-corrected chi connectivity index (χ1v) is 4.99. The van der Waals surface area contributed by atoms with Gasteiger partial charge in [-0.1, -0.05) is 0 Å². The number of nitrogens with zero attached hydrogens (tertiary/aromatic N) is 1. The van der Waals surface area contributed by atoms with Crippen molar-refractivity contribution >= 4 is 5.91 Å². The number of morpholine rings is 1. The number of ether oxygens (including phenoxy) is 2. The van der Waals surface area contributed by atoms with Gasteiger partial charge in [-0.15, -0.1) is 0 Å². The fraction of sp³-hybridized carbons (Fsp3) is 0.889. The van der Waals surface area contributed by atoms with E-state index in [1.165, 1.54) is 0 Å². The first-order valence-electron chi connectivity index (χ1n) is 4.99. The number of hydrogen-bond donors (Lipinski definition) is 1. The highest BCUT2D eigenvalue weighted by Crippen LogP contribution is 2.15. The van der Waals surface area contributed by atoms with Gasteiger partial charge in [-0.3, -0.25) is 4.79 Å². The molecule has 2 saturated heterocycles. The van der Waals surface area contributed by atoms with E-state index in [-0.39, 0.29) is 17.9 Å². The van der Waals surface area contributed by atoms with Crippen LogP contribution in [0.4, 0.5) is 0 Å². The Morgan fingerprint density at radius 3 is 2.86 bits per heavy atom. The van der Waals surface area contributed by atoms with Gasteiger partial charge in [-0.05, 0) is 0 Å². The molecule has 0 aromatic heterocycles. The van der Waals surface area contributed by atoms with Crippen LogP contribution in [0.3, 0.4) is 0 Å². The zero-order valence-corrected chi connectivity index (χ0v) is 8.15. The lowest BCUT2D eigenvalue weighted by atomic mass is 10.1. The normalized spacial score (nSPS) is 28.6. The summed E-state index contributed by atoms with van der Waals surface area (Å²) >= 11 is 0. The molecule has 1 amide bonds. The molecule has 0 aromatic rings. The highest BCUT2D eigenvalue weighted by Gasteiger charge is 2.32. The molecule has 0 aliphatic carbocycles. The lowest BCUT2D eigenvalue weighted by Crippen LogP contribution is -2.52. The van der Waals surface area contributed by atoms with Crippen LogP contribution in [-0.2, 0) is 14.3 Å². The van der Waals surface area contributed by atoms with Crippen LogP contribution in [0.1, 0.15) is 0 Å². The molecule has 2 heterocycles. The Balaban J connectivity index is 1.86. The average molecular weight is 200 g/mol. The van der Waals surface area contributed by atoms with Crippen molar-refractivity contribution in [2.45, 2.75) is 6.10 Å². The lowest BCUT2D eigenvalue weighted by molar-refractivity contribution is -0.156. The fourth-order valence-corrected chi connectivity index (χ4v) is 1.70. The Morgan fingerprint density at radius 2 is 2.29 bits per heavy atom. The molecule has 1 atom stereocenters. The Morgan fingerprint density at radius 1 is 1.50 bits per heavy atom. The zero-order valence-electron chi connectivity index (χ0n) is 8.15. The summed E-state index contributed by atoms with van der Waals surface area (Å²) < 4.78 is 10.4. The molecule has 0 bridgehead atoms. The van der Waals surface area contributed by atoms with E-state index in [0.717, 1.165) is 0 Å². The van der Waals surface area contributed by atoms with E-state index < -0.39 is 0 Å². The largest absolute Gasteiger partial charge is 0.380 e. The van der Waals surface area contributed by atoms with Crippen molar-refractivity contribution in [3.63, 3.8) is 0 Å². The molecule has 0 saturated carbocycles. The predicted octanol–water partition coefficient (Wildman–Crippen LogP) is -1.18. The molecule has 0 unspecified atom stereocenters. The quantitative estimate of drug-likeness (QED) is 0.609. The van der Waals surface area contributed by atoms with Gasteiger partial charge in [0.05, 0.1) is 31.8 Å². The highest BCUT2D eigenvalue weighted by atomic mass is 16.5. The highest BCUT2D eigenvalue weighted by molar-refractivity contribution is 5.79.